The summed E-state index contributed by atoms with van der Waals surface area (Å²) in [6, 6.07) is 19.9. The van der Waals surface area contributed by atoms with E-state index in [2.05, 4.69) is 25.1 Å². The minimum absolute atomic E-state index is 0.0469. The van der Waals surface area contributed by atoms with Crippen molar-refractivity contribution in [2.75, 3.05) is 14.1 Å². The zero-order valence-corrected chi connectivity index (χ0v) is 14.6. The molecule has 0 spiro atoms. The lowest BCUT2D eigenvalue weighted by Gasteiger charge is -2.29. The average Bonchev–Trinajstić information content (AvgIpc) is 2.61. The van der Waals surface area contributed by atoms with Gasteiger partial charge in [-0.2, -0.15) is 5.26 Å². The van der Waals surface area contributed by atoms with Crippen LogP contribution < -0.4 is 0 Å². The van der Waals surface area contributed by atoms with Gasteiger partial charge in [0.1, 0.15) is 0 Å². The Kier molecular flexibility index (Phi) is 6.14. The first kappa shape index (κ1) is 17.7. The molecule has 0 fully saturated rings. The van der Waals surface area contributed by atoms with Crippen molar-refractivity contribution in [3.63, 3.8) is 0 Å². The summed E-state index contributed by atoms with van der Waals surface area (Å²) in [5.41, 5.74) is 2.76. The van der Waals surface area contributed by atoms with Crippen LogP contribution >= 0.6 is 0 Å². The Bertz CT molecular complexity index is 716. The summed E-state index contributed by atoms with van der Waals surface area (Å²) in [6.07, 6.45) is 1.75. The third-order valence-electron chi connectivity index (χ3n) is 4.29. The van der Waals surface area contributed by atoms with Crippen LogP contribution in [0.2, 0.25) is 0 Å². The summed E-state index contributed by atoms with van der Waals surface area (Å²) in [6.45, 7) is 2.10. The maximum absolute atomic E-state index is 12.8. The molecule has 1 amide bonds. The van der Waals surface area contributed by atoms with Gasteiger partial charge in [0.2, 0.25) is 5.91 Å². The summed E-state index contributed by atoms with van der Waals surface area (Å²) in [5.74, 6) is -0.0521. The largest absolute Gasteiger partial charge is 0.349 e. The van der Waals surface area contributed by atoms with Gasteiger partial charge in [-0.15, -0.1) is 0 Å². The second kappa shape index (κ2) is 8.31. The van der Waals surface area contributed by atoms with Crippen LogP contribution in [-0.2, 0) is 4.79 Å². The number of hydrogen-bond donors (Lipinski definition) is 0. The molecule has 0 saturated heterocycles. The van der Waals surface area contributed by atoms with Gasteiger partial charge in [0.15, 0.2) is 0 Å². The maximum atomic E-state index is 12.8. The normalized spacial score (nSPS) is 12.9. The first-order valence-corrected chi connectivity index (χ1v) is 8.34. The molecular formula is C21H24N2O. The third kappa shape index (κ3) is 4.02. The van der Waals surface area contributed by atoms with Gasteiger partial charge in [0.25, 0.3) is 0 Å². The molecule has 0 radical (unpaired) electrons. The summed E-state index contributed by atoms with van der Waals surface area (Å²) >= 11 is 0. The highest BCUT2D eigenvalue weighted by Crippen LogP contribution is 2.36. The third-order valence-corrected chi connectivity index (χ3v) is 4.29. The summed E-state index contributed by atoms with van der Waals surface area (Å²) < 4.78 is 0. The monoisotopic (exact) mass is 320 g/mol. The molecule has 0 saturated carbocycles. The van der Waals surface area contributed by atoms with E-state index in [4.69, 9.17) is 0 Å². The molecular weight excluding hydrogens is 296 g/mol. The Morgan fingerprint density at radius 3 is 2.33 bits per heavy atom. The van der Waals surface area contributed by atoms with Crippen molar-refractivity contribution in [2.45, 2.75) is 25.7 Å². The van der Waals surface area contributed by atoms with Crippen molar-refractivity contribution >= 4 is 5.91 Å². The van der Waals surface area contributed by atoms with Crippen LogP contribution in [0.1, 0.15) is 42.4 Å². The first-order chi connectivity index (χ1) is 11.6. The van der Waals surface area contributed by atoms with Crippen LogP contribution in [0.3, 0.4) is 0 Å². The molecule has 2 atom stereocenters. The number of rotatable bonds is 6. The molecule has 24 heavy (non-hydrogen) atoms. The highest BCUT2D eigenvalue weighted by atomic mass is 16.2. The van der Waals surface area contributed by atoms with Crippen molar-refractivity contribution in [3.05, 3.63) is 71.3 Å². The van der Waals surface area contributed by atoms with Crippen LogP contribution in [0.25, 0.3) is 0 Å². The molecule has 0 heterocycles. The molecule has 0 aliphatic rings. The molecule has 3 nitrogen and oxygen atoms in total. The van der Waals surface area contributed by atoms with Crippen LogP contribution in [0.15, 0.2) is 54.6 Å². The van der Waals surface area contributed by atoms with E-state index in [-0.39, 0.29) is 17.7 Å². The Labute approximate surface area is 144 Å². The predicted molar refractivity (Wildman–Crippen MR) is 96.5 cm³/mol. The second-order valence-corrected chi connectivity index (χ2v) is 6.25. The fraction of sp³-hybridized carbons (Fsp3) is 0.333. The molecule has 0 aromatic heterocycles. The van der Waals surface area contributed by atoms with Crippen molar-refractivity contribution in [1.29, 1.82) is 5.26 Å². The van der Waals surface area contributed by atoms with E-state index in [0.29, 0.717) is 5.56 Å². The van der Waals surface area contributed by atoms with Crippen molar-refractivity contribution < 1.29 is 4.79 Å². The first-order valence-electron chi connectivity index (χ1n) is 8.34. The zero-order valence-electron chi connectivity index (χ0n) is 14.6. The fourth-order valence-corrected chi connectivity index (χ4v) is 3.19. The topological polar surface area (TPSA) is 44.1 Å². The minimum Gasteiger partial charge on any atom is -0.349 e. The number of benzene rings is 2. The van der Waals surface area contributed by atoms with Gasteiger partial charge >= 0.3 is 0 Å². The molecule has 0 N–H and O–H groups in total. The Balaban J connectivity index is 2.57. The molecule has 124 valence electrons. The van der Waals surface area contributed by atoms with E-state index < -0.39 is 0 Å². The van der Waals surface area contributed by atoms with E-state index in [1.54, 1.807) is 25.1 Å². The van der Waals surface area contributed by atoms with Gasteiger partial charge in [0.05, 0.1) is 11.6 Å². The van der Waals surface area contributed by atoms with Crippen LogP contribution in [0.5, 0.6) is 0 Å². The SMILES string of the molecule is CCCC(C(=O)N(C)C)C(c1ccccc1)c1cccc(C#N)c1. The zero-order chi connectivity index (χ0) is 17.5. The van der Waals surface area contributed by atoms with Gasteiger partial charge < -0.3 is 4.90 Å². The van der Waals surface area contributed by atoms with Gasteiger partial charge in [-0.25, -0.2) is 0 Å². The molecule has 2 aromatic carbocycles. The summed E-state index contributed by atoms with van der Waals surface area (Å²) in [5, 5.41) is 9.23. The van der Waals surface area contributed by atoms with E-state index in [1.807, 2.05) is 36.4 Å². The molecule has 0 aliphatic carbocycles. The summed E-state index contributed by atoms with van der Waals surface area (Å²) in [7, 11) is 3.61. The lowest BCUT2D eigenvalue weighted by molar-refractivity contribution is -0.133. The number of nitrogens with zero attached hydrogens (tertiary/aromatic N) is 2. The molecule has 0 aliphatic heterocycles. The fourth-order valence-electron chi connectivity index (χ4n) is 3.19. The van der Waals surface area contributed by atoms with Crippen molar-refractivity contribution in [1.82, 2.24) is 4.90 Å². The van der Waals surface area contributed by atoms with E-state index in [9.17, 15) is 10.1 Å². The highest BCUT2D eigenvalue weighted by Gasteiger charge is 2.31. The second-order valence-electron chi connectivity index (χ2n) is 6.25. The predicted octanol–water partition coefficient (Wildman–Crippen LogP) is 4.19. The lowest BCUT2D eigenvalue weighted by atomic mass is 9.77. The van der Waals surface area contributed by atoms with E-state index in [0.717, 1.165) is 24.0 Å². The van der Waals surface area contributed by atoms with Crippen LogP contribution in [0.4, 0.5) is 0 Å². The lowest BCUT2D eigenvalue weighted by Crippen LogP contribution is -2.34. The standard InChI is InChI=1S/C21H24N2O/c1-4-9-19(21(24)23(2)3)20(17-11-6-5-7-12-17)18-13-8-10-16(14-18)15-22/h5-8,10-14,19-20H,4,9H2,1-3H3. The number of amides is 1. The summed E-state index contributed by atoms with van der Waals surface area (Å²) in [4.78, 5) is 14.5. The quantitative estimate of drug-likeness (QED) is 0.801. The van der Waals surface area contributed by atoms with Crippen LogP contribution in [-0.4, -0.2) is 24.9 Å². The van der Waals surface area contributed by atoms with Crippen molar-refractivity contribution in [2.24, 2.45) is 5.92 Å². The van der Waals surface area contributed by atoms with Gasteiger partial charge in [0, 0.05) is 25.9 Å². The van der Waals surface area contributed by atoms with E-state index in [1.165, 1.54) is 0 Å². The Hall–Kier alpha value is -2.60. The molecule has 2 rings (SSSR count). The molecule has 3 heteroatoms. The minimum atomic E-state index is -0.138. The van der Waals surface area contributed by atoms with Crippen molar-refractivity contribution in [3.8, 4) is 6.07 Å². The number of nitriles is 1. The van der Waals surface area contributed by atoms with Gasteiger partial charge in [-0.1, -0.05) is 55.8 Å². The Morgan fingerprint density at radius 1 is 1.08 bits per heavy atom. The van der Waals surface area contributed by atoms with Gasteiger partial charge in [-0.3, -0.25) is 4.79 Å². The average molecular weight is 320 g/mol. The van der Waals surface area contributed by atoms with Gasteiger partial charge in [-0.05, 0) is 29.7 Å². The maximum Gasteiger partial charge on any atom is 0.226 e. The Morgan fingerprint density at radius 2 is 1.75 bits per heavy atom. The molecule has 0 bridgehead atoms. The molecule has 2 unspecified atom stereocenters. The molecule has 2 aromatic rings. The smallest absolute Gasteiger partial charge is 0.226 e. The van der Waals surface area contributed by atoms with E-state index >= 15 is 0 Å². The number of hydrogen-bond acceptors (Lipinski definition) is 2. The number of carbonyl (C=O) groups excluding carboxylic acids is 1. The highest BCUT2D eigenvalue weighted by molar-refractivity contribution is 5.80. The number of carbonyl (C=O) groups is 1. The van der Waals surface area contributed by atoms with Crippen LogP contribution in [0, 0.1) is 17.2 Å².